The molecular weight excluding hydrogens is 250 g/mol. The zero-order valence-electron chi connectivity index (χ0n) is 10.7. The van der Waals surface area contributed by atoms with Gasteiger partial charge in [0.2, 0.25) is 5.91 Å². The maximum Gasteiger partial charge on any atom is 0.222 e. The maximum atomic E-state index is 11.9. The highest BCUT2D eigenvalue weighted by Gasteiger charge is 2.18. The summed E-state index contributed by atoms with van der Waals surface area (Å²) >= 11 is 1.60. The Kier molecular flexibility index (Phi) is 4.68. The van der Waals surface area contributed by atoms with E-state index >= 15 is 0 Å². The number of hydrogen-bond acceptors (Lipinski definition) is 5. The summed E-state index contributed by atoms with van der Waals surface area (Å²) < 4.78 is 5.32. The molecule has 18 heavy (non-hydrogen) atoms. The summed E-state index contributed by atoms with van der Waals surface area (Å²) in [6.07, 6.45) is 0.452. The van der Waals surface area contributed by atoms with Crippen LogP contribution in [0.4, 0.5) is 0 Å². The number of nitrogens with one attached hydrogen (secondary N) is 2. The lowest BCUT2D eigenvalue weighted by atomic mass is 10.1. The summed E-state index contributed by atoms with van der Waals surface area (Å²) in [4.78, 5) is 16.2. The standard InChI is InChI=1S/C12H19N3O2S/c1-8(11-7-18-9(2)15-11)14-12(16)5-10-6-17-4-3-13-10/h7-8,10,13H,3-6H2,1-2H3,(H,14,16). The number of thiazole rings is 1. The molecule has 2 N–H and O–H groups in total. The summed E-state index contributed by atoms with van der Waals surface area (Å²) in [6, 6.07) is 0.0927. The maximum absolute atomic E-state index is 11.9. The van der Waals surface area contributed by atoms with Gasteiger partial charge in [-0.05, 0) is 13.8 Å². The molecule has 1 saturated heterocycles. The molecule has 1 aliphatic heterocycles. The van der Waals surface area contributed by atoms with Gasteiger partial charge in [-0.15, -0.1) is 11.3 Å². The fourth-order valence-corrected chi connectivity index (χ4v) is 2.63. The van der Waals surface area contributed by atoms with Crippen molar-refractivity contribution in [3.05, 3.63) is 16.1 Å². The summed E-state index contributed by atoms with van der Waals surface area (Å²) in [6.45, 7) is 6.08. The van der Waals surface area contributed by atoms with E-state index in [4.69, 9.17) is 4.74 Å². The van der Waals surface area contributed by atoms with Gasteiger partial charge in [-0.1, -0.05) is 0 Å². The summed E-state index contributed by atoms with van der Waals surface area (Å²) in [5.74, 6) is 0.0381. The minimum Gasteiger partial charge on any atom is -0.378 e. The van der Waals surface area contributed by atoms with Crippen LogP contribution in [0.3, 0.4) is 0 Å². The Labute approximate surface area is 111 Å². The van der Waals surface area contributed by atoms with Crippen molar-refractivity contribution in [1.82, 2.24) is 15.6 Å². The Balaban J connectivity index is 1.79. The van der Waals surface area contributed by atoms with E-state index in [9.17, 15) is 4.79 Å². The molecule has 1 aromatic heterocycles. The van der Waals surface area contributed by atoms with Crippen molar-refractivity contribution >= 4 is 17.2 Å². The molecule has 1 aromatic rings. The average Bonchev–Trinajstić information content (AvgIpc) is 2.77. The van der Waals surface area contributed by atoms with Crippen LogP contribution in [0.2, 0.25) is 0 Å². The highest BCUT2D eigenvalue weighted by Crippen LogP contribution is 2.15. The lowest BCUT2D eigenvalue weighted by Gasteiger charge is -2.23. The average molecular weight is 269 g/mol. The van der Waals surface area contributed by atoms with E-state index < -0.39 is 0 Å². The molecule has 1 aliphatic rings. The molecule has 100 valence electrons. The highest BCUT2D eigenvalue weighted by molar-refractivity contribution is 7.09. The van der Waals surface area contributed by atoms with Crippen LogP contribution in [0.1, 0.15) is 30.1 Å². The molecule has 0 radical (unpaired) electrons. The Morgan fingerprint density at radius 2 is 2.61 bits per heavy atom. The topological polar surface area (TPSA) is 63.2 Å². The number of aryl methyl sites for hydroxylation is 1. The number of nitrogens with zero attached hydrogens (tertiary/aromatic N) is 1. The number of rotatable bonds is 4. The first-order chi connectivity index (χ1) is 8.65. The van der Waals surface area contributed by atoms with Gasteiger partial charge in [0.15, 0.2) is 0 Å². The first kappa shape index (κ1) is 13.5. The zero-order chi connectivity index (χ0) is 13.0. The van der Waals surface area contributed by atoms with Crippen LogP contribution >= 0.6 is 11.3 Å². The summed E-state index contributed by atoms with van der Waals surface area (Å²) in [7, 11) is 0. The molecule has 0 aromatic carbocycles. The van der Waals surface area contributed by atoms with Crippen molar-refractivity contribution in [1.29, 1.82) is 0 Å². The van der Waals surface area contributed by atoms with Crippen molar-refractivity contribution in [3.63, 3.8) is 0 Å². The van der Waals surface area contributed by atoms with Crippen LogP contribution in [0.15, 0.2) is 5.38 Å². The zero-order valence-corrected chi connectivity index (χ0v) is 11.5. The molecule has 2 heterocycles. The van der Waals surface area contributed by atoms with Crippen LogP contribution < -0.4 is 10.6 Å². The number of hydrogen-bond donors (Lipinski definition) is 2. The number of morpholine rings is 1. The van der Waals surface area contributed by atoms with Crippen LogP contribution in [-0.4, -0.2) is 36.7 Å². The molecule has 2 atom stereocenters. The van der Waals surface area contributed by atoms with E-state index in [1.807, 2.05) is 19.2 Å². The number of aromatic nitrogens is 1. The summed E-state index contributed by atoms with van der Waals surface area (Å²) in [5.41, 5.74) is 0.929. The molecule has 6 heteroatoms. The predicted molar refractivity (Wildman–Crippen MR) is 70.6 cm³/mol. The van der Waals surface area contributed by atoms with Crippen molar-refractivity contribution in [3.8, 4) is 0 Å². The van der Waals surface area contributed by atoms with E-state index in [0.29, 0.717) is 13.0 Å². The number of carbonyl (C=O) groups excluding carboxylic acids is 1. The second-order valence-corrected chi connectivity index (χ2v) is 5.57. The van der Waals surface area contributed by atoms with E-state index in [2.05, 4.69) is 15.6 Å². The third kappa shape index (κ3) is 3.76. The Bertz CT molecular complexity index is 402. The lowest BCUT2D eigenvalue weighted by Crippen LogP contribution is -2.44. The fourth-order valence-electron chi connectivity index (χ4n) is 1.93. The monoisotopic (exact) mass is 269 g/mol. The Morgan fingerprint density at radius 3 is 3.22 bits per heavy atom. The normalized spacial score (nSPS) is 21.6. The van der Waals surface area contributed by atoms with Gasteiger partial charge in [-0.2, -0.15) is 0 Å². The largest absolute Gasteiger partial charge is 0.378 e. The second kappa shape index (κ2) is 6.26. The molecule has 0 saturated carbocycles. The van der Waals surface area contributed by atoms with Gasteiger partial charge in [0.05, 0.1) is 30.0 Å². The van der Waals surface area contributed by atoms with Crippen molar-refractivity contribution in [2.45, 2.75) is 32.4 Å². The smallest absolute Gasteiger partial charge is 0.222 e. The van der Waals surface area contributed by atoms with Crippen LogP contribution in [-0.2, 0) is 9.53 Å². The number of amides is 1. The molecular formula is C12H19N3O2S. The van der Waals surface area contributed by atoms with Crippen LogP contribution in [0, 0.1) is 6.92 Å². The molecule has 5 nitrogen and oxygen atoms in total. The van der Waals surface area contributed by atoms with Crippen molar-refractivity contribution in [2.24, 2.45) is 0 Å². The van der Waals surface area contributed by atoms with Gasteiger partial charge in [0.25, 0.3) is 0 Å². The van der Waals surface area contributed by atoms with E-state index in [1.165, 1.54) is 0 Å². The number of carbonyl (C=O) groups is 1. The van der Waals surface area contributed by atoms with Gasteiger partial charge in [-0.25, -0.2) is 4.98 Å². The van der Waals surface area contributed by atoms with Gasteiger partial charge in [-0.3, -0.25) is 4.79 Å². The quantitative estimate of drug-likeness (QED) is 0.856. The SMILES string of the molecule is Cc1nc(C(C)NC(=O)CC2COCCN2)cs1. The number of ether oxygens (including phenoxy) is 1. The van der Waals surface area contributed by atoms with E-state index in [1.54, 1.807) is 11.3 Å². The Hall–Kier alpha value is -0.980. The Morgan fingerprint density at radius 1 is 1.78 bits per heavy atom. The highest BCUT2D eigenvalue weighted by atomic mass is 32.1. The van der Waals surface area contributed by atoms with Crippen molar-refractivity contribution in [2.75, 3.05) is 19.8 Å². The first-order valence-electron chi connectivity index (χ1n) is 6.17. The van der Waals surface area contributed by atoms with Crippen LogP contribution in [0.5, 0.6) is 0 Å². The van der Waals surface area contributed by atoms with Gasteiger partial charge < -0.3 is 15.4 Å². The molecule has 1 amide bonds. The second-order valence-electron chi connectivity index (χ2n) is 4.51. The molecule has 0 bridgehead atoms. The fraction of sp³-hybridized carbons (Fsp3) is 0.667. The predicted octanol–water partition coefficient (Wildman–Crippen LogP) is 1.01. The summed E-state index contributed by atoms with van der Waals surface area (Å²) in [5, 5.41) is 9.24. The molecule has 1 fully saturated rings. The molecule has 2 rings (SSSR count). The lowest BCUT2D eigenvalue weighted by molar-refractivity contribution is -0.122. The van der Waals surface area contributed by atoms with Crippen LogP contribution in [0.25, 0.3) is 0 Å². The third-order valence-corrected chi connectivity index (χ3v) is 3.68. The van der Waals surface area contributed by atoms with E-state index in [-0.39, 0.29) is 18.0 Å². The van der Waals surface area contributed by atoms with Gasteiger partial charge in [0, 0.05) is 24.4 Å². The van der Waals surface area contributed by atoms with Crippen molar-refractivity contribution < 1.29 is 9.53 Å². The van der Waals surface area contributed by atoms with Gasteiger partial charge in [0.1, 0.15) is 0 Å². The minimum absolute atomic E-state index is 0.0352. The molecule has 0 spiro atoms. The first-order valence-corrected chi connectivity index (χ1v) is 7.05. The molecule has 2 unspecified atom stereocenters. The van der Waals surface area contributed by atoms with E-state index in [0.717, 1.165) is 23.9 Å². The minimum atomic E-state index is -0.0352. The molecule has 0 aliphatic carbocycles. The third-order valence-electron chi connectivity index (χ3n) is 2.89. The van der Waals surface area contributed by atoms with Gasteiger partial charge >= 0.3 is 0 Å².